The fourth-order valence-electron chi connectivity index (χ4n) is 4.20. The van der Waals surface area contributed by atoms with Crippen molar-refractivity contribution in [3.8, 4) is 0 Å². The van der Waals surface area contributed by atoms with Gasteiger partial charge < -0.3 is 5.73 Å². The summed E-state index contributed by atoms with van der Waals surface area (Å²) in [6.07, 6.45) is 6.27. The molecular formula is C21H25NO. The van der Waals surface area contributed by atoms with E-state index < -0.39 is 5.41 Å². The maximum atomic E-state index is 12.5. The largest absolute Gasteiger partial charge is 0.369 e. The first-order valence-corrected chi connectivity index (χ1v) is 8.63. The Labute approximate surface area is 138 Å². The number of rotatable bonds is 5. The summed E-state index contributed by atoms with van der Waals surface area (Å²) in [6, 6.07) is 20.7. The van der Waals surface area contributed by atoms with E-state index in [0.29, 0.717) is 5.92 Å². The molecule has 0 aliphatic heterocycles. The zero-order chi connectivity index (χ0) is 16.1. The van der Waals surface area contributed by atoms with Crippen LogP contribution in [-0.2, 0) is 16.6 Å². The highest BCUT2D eigenvalue weighted by Gasteiger charge is 2.46. The number of aryl methyl sites for hydroxylation is 1. The molecule has 120 valence electrons. The molecule has 1 aliphatic carbocycles. The standard InChI is InChI=1S/C21H25NO/c22-20(23)21(18-11-5-2-6-12-18)16-8-7-13-19(21)15-14-17-9-3-1-4-10-17/h1-6,9-12,19H,7-8,13-16H2,(H2,22,23). The molecule has 0 aromatic heterocycles. The molecule has 1 fully saturated rings. The fraction of sp³-hybridized carbons (Fsp3) is 0.381. The number of nitrogens with two attached hydrogens (primary N) is 1. The van der Waals surface area contributed by atoms with Crippen LogP contribution in [0.2, 0.25) is 0 Å². The van der Waals surface area contributed by atoms with Gasteiger partial charge >= 0.3 is 0 Å². The van der Waals surface area contributed by atoms with Crippen LogP contribution >= 0.6 is 0 Å². The van der Waals surface area contributed by atoms with Crippen molar-refractivity contribution in [3.63, 3.8) is 0 Å². The second kappa shape index (κ2) is 6.99. The van der Waals surface area contributed by atoms with E-state index >= 15 is 0 Å². The highest BCUT2D eigenvalue weighted by atomic mass is 16.1. The molecule has 1 aliphatic rings. The highest BCUT2D eigenvalue weighted by molar-refractivity contribution is 5.87. The van der Waals surface area contributed by atoms with E-state index in [4.69, 9.17) is 5.73 Å². The minimum atomic E-state index is -0.492. The van der Waals surface area contributed by atoms with Crippen molar-refractivity contribution in [2.45, 2.75) is 43.9 Å². The topological polar surface area (TPSA) is 43.1 Å². The Morgan fingerprint density at radius 3 is 2.30 bits per heavy atom. The molecule has 2 N–H and O–H groups in total. The third-order valence-electron chi connectivity index (χ3n) is 5.42. The van der Waals surface area contributed by atoms with Crippen LogP contribution in [0.15, 0.2) is 60.7 Å². The Kier molecular flexibility index (Phi) is 4.80. The van der Waals surface area contributed by atoms with E-state index in [2.05, 4.69) is 36.4 Å². The fourth-order valence-corrected chi connectivity index (χ4v) is 4.20. The van der Waals surface area contributed by atoms with Gasteiger partial charge in [0.1, 0.15) is 0 Å². The summed E-state index contributed by atoms with van der Waals surface area (Å²) in [7, 11) is 0. The van der Waals surface area contributed by atoms with E-state index in [1.165, 1.54) is 12.0 Å². The lowest BCUT2D eigenvalue weighted by Gasteiger charge is -2.42. The summed E-state index contributed by atoms with van der Waals surface area (Å²) in [6.45, 7) is 0. The SMILES string of the molecule is NC(=O)C1(c2ccccc2)CCCCC1CCc1ccccc1. The zero-order valence-electron chi connectivity index (χ0n) is 13.6. The first-order valence-electron chi connectivity index (χ1n) is 8.63. The maximum absolute atomic E-state index is 12.5. The van der Waals surface area contributed by atoms with Crippen molar-refractivity contribution in [2.24, 2.45) is 11.7 Å². The van der Waals surface area contributed by atoms with Gasteiger partial charge in [-0.15, -0.1) is 0 Å². The van der Waals surface area contributed by atoms with Gasteiger partial charge in [-0.1, -0.05) is 73.5 Å². The third kappa shape index (κ3) is 3.17. The molecule has 0 heterocycles. The molecular weight excluding hydrogens is 282 g/mol. The number of hydrogen-bond donors (Lipinski definition) is 1. The van der Waals surface area contributed by atoms with Gasteiger partial charge in [-0.3, -0.25) is 4.79 Å². The van der Waals surface area contributed by atoms with Crippen molar-refractivity contribution in [2.75, 3.05) is 0 Å². The first-order chi connectivity index (χ1) is 11.2. The maximum Gasteiger partial charge on any atom is 0.228 e. The molecule has 1 saturated carbocycles. The number of carbonyl (C=O) groups excluding carboxylic acids is 1. The molecule has 1 amide bonds. The highest BCUT2D eigenvalue weighted by Crippen LogP contribution is 2.45. The summed E-state index contributed by atoms with van der Waals surface area (Å²) in [5, 5.41) is 0. The van der Waals surface area contributed by atoms with E-state index in [-0.39, 0.29) is 5.91 Å². The summed E-state index contributed by atoms with van der Waals surface area (Å²) < 4.78 is 0. The quantitative estimate of drug-likeness (QED) is 0.882. The van der Waals surface area contributed by atoms with E-state index in [9.17, 15) is 4.79 Å². The smallest absolute Gasteiger partial charge is 0.228 e. The van der Waals surface area contributed by atoms with Crippen molar-refractivity contribution < 1.29 is 4.79 Å². The summed E-state index contributed by atoms with van der Waals surface area (Å²) in [4.78, 5) is 12.5. The summed E-state index contributed by atoms with van der Waals surface area (Å²) >= 11 is 0. The third-order valence-corrected chi connectivity index (χ3v) is 5.42. The molecule has 2 unspecified atom stereocenters. The van der Waals surface area contributed by atoms with Crippen LogP contribution in [0.4, 0.5) is 0 Å². The lowest BCUT2D eigenvalue weighted by molar-refractivity contribution is -0.127. The Morgan fingerprint density at radius 1 is 1.00 bits per heavy atom. The number of carbonyl (C=O) groups is 1. The molecule has 2 aromatic carbocycles. The summed E-state index contributed by atoms with van der Waals surface area (Å²) in [5.74, 6) is 0.179. The molecule has 2 atom stereocenters. The number of benzene rings is 2. The summed E-state index contributed by atoms with van der Waals surface area (Å²) in [5.41, 5.74) is 7.90. The van der Waals surface area contributed by atoms with Crippen molar-refractivity contribution in [3.05, 3.63) is 71.8 Å². The average molecular weight is 307 g/mol. The van der Waals surface area contributed by atoms with Gasteiger partial charge in [0.05, 0.1) is 5.41 Å². The van der Waals surface area contributed by atoms with Crippen molar-refractivity contribution >= 4 is 5.91 Å². The predicted molar refractivity (Wildman–Crippen MR) is 94.0 cm³/mol. The van der Waals surface area contributed by atoms with Crippen LogP contribution in [0.1, 0.15) is 43.2 Å². The van der Waals surface area contributed by atoms with Crippen molar-refractivity contribution in [1.29, 1.82) is 0 Å². The average Bonchev–Trinajstić information content (AvgIpc) is 2.61. The van der Waals surface area contributed by atoms with Gasteiger partial charge in [-0.25, -0.2) is 0 Å². The molecule has 0 spiro atoms. The zero-order valence-corrected chi connectivity index (χ0v) is 13.6. The number of hydrogen-bond acceptors (Lipinski definition) is 1. The van der Waals surface area contributed by atoms with Crippen LogP contribution in [0.5, 0.6) is 0 Å². The lowest BCUT2D eigenvalue weighted by atomic mass is 9.60. The molecule has 3 rings (SSSR count). The second-order valence-electron chi connectivity index (χ2n) is 6.67. The number of amides is 1. The van der Waals surface area contributed by atoms with Crippen molar-refractivity contribution in [1.82, 2.24) is 0 Å². The molecule has 0 bridgehead atoms. The lowest BCUT2D eigenvalue weighted by Crippen LogP contribution is -2.49. The van der Waals surface area contributed by atoms with Gasteiger partial charge in [0.2, 0.25) is 5.91 Å². The van der Waals surface area contributed by atoms with Gasteiger partial charge in [-0.2, -0.15) is 0 Å². The minimum Gasteiger partial charge on any atom is -0.369 e. The molecule has 2 nitrogen and oxygen atoms in total. The molecule has 23 heavy (non-hydrogen) atoms. The normalized spacial score (nSPS) is 24.3. The van der Waals surface area contributed by atoms with Crippen LogP contribution in [0.25, 0.3) is 0 Å². The Morgan fingerprint density at radius 2 is 1.65 bits per heavy atom. The Hall–Kier alpha value is -2.09. The van der Waals surface area contributed by atoms with Crippen LogP contribution in [-0.4, -0.2) is 5.91 Å². The van der Waals surface area contributed by atoms with Crippen LogP contribution < -0.4 is 5.73 Å². The van der Waals surface area contributed by atoms with Gasteiger partial charge in [0.15, 0.2) is 0 Å². The molecule has 0 radical (unpaired) electrons. The number of primary amides is 1. The monoisotopic (exact) mass is 307 g/mol. The molecule has 0 saturated heterocycles. The minimum absolute atomic E-state index is 0.151. The predicted octanol–water partition coefficient (Wildman–Crippen LogP) is 4.23. The molecule has 2 aromatic rings. The van der Waals surface area contributed by atoms with E-state index in [1.54, 1.807) is 0 Å². The van der Waals surface area contributed by atoms with Crippen LogP contribution in [0, 0.1) is 5.92 Å². The Bertz CT molecular complexity index is 637. The van der Waals surface area contributed by atoms with Crippen LogP contribution in [0.3, 0.4) is 0 Å². The van der Waals surface area contributed by atoms with E-state index in [0.717, 1.165) is 37.7 Å². The second-order valence-corrected chi connectivity index (χ2v) is 6.67. The van der Waals surface area contributed by atoms with Gasteiger partial charge in [-0.05, 0) is 42.7 Å². The van der Waals surface area contributed by atoms with E-state index in [1.807, 2.05) is 24.3 Å². The Balaban J connectivity index is 1.87. The first kappa shape index (κ1) is 15.8. The van der Waals surface area contributed by atoms with Gasteiger partial charge in [0, 0.05) is 0 Å². The molecule has 2 heteroatoms. The van der Waals surface area contributed by atoms with Gasteiger partial charge in [0.25, 0.3) is 0 Å².